The summed E-state index contributed by atoms with van der Waals surface area (Å²) in [7, 11) is 0. The van der Waals surface area contributed by atoms with Crippen molar-refractivity contribution in [1.29, 1.82) is 0 Å². The van der Waals surface area contributed by atoms with Gasteiger partial charge in [0.2, 0.25) is 0 Å². The third-order valence-corrected chi connectivity index (χ3v) is 3.73. The number of hydrogen-bond donors (Lipinski definition) is 0. The van der Waals surface area contributed by atoms with Gasteiger partial charge in [0.15, 0.2) is 0 Å². The van der Waals surface area contributed by atoms with Crippen LogP contribution in [0.2, 0.25) is 0 Å². The second-order valence-corrected chi connectivity index (χ2v) is 5.40. The third kappa shape index (κ3) is 2.61. The highest BCUT2D eigenvalue weighted by atomic mass is 16.5. The van der Waals surface area contributed by atoms with E-state index in [0.717, 1.165) is 13.0 Å². The molecule has 0 radical (unpaired) electrons. The number of morpholine rings is 1. The summed E-state index contributed by atoms with van der Waals surface area (Å²) in [6.07, 6.45) is 3.18. The molecule has 0 spiro atoms. The predicted molar refractivity (Wildman–Crippen MR) is 77.7 cm³/mol. The van der Waals surface area contributed by atoms with E-state index in [0.29, 0.717) is 5.92 Å². The molecule has 0 saturated carbocycles. The van der Waals surface area contributed by atoms with Gasteiger partial charge in [-0.3, -0.25) is 5.01 Å². The fourth-order valence-electron chi connectivity index (χ4n) is 2.63. The Labute approximate surface area is 112 Å². The summed E-state index contributed by atoms with van der Waals surface area (Å²) >= 11 is 0. The molecule has 2 aliphatic rings. The van der Waals surface area contributed by atoms with Gasteiger partial charge in [0, 0.05) is 12.6 Å². The molecule has 2 heterocycles. The van der Waals surface area contributed by atoms with E-state index in [-0.39, 0.29) is 11.7 Å². The van der Waals surface area contributed by atoms with Crippen LogP contribution in [-0.2, 0) is 4.74 Å². The van der Waals surface area contributed by atoms with E-state index >= 15 is 0 Å². The molecule has 1 fully saturated rings. The minimum absolute atomic E-state index is 0.195. The summed E-state index contributed by atoms with van der Waals surface area (Å²) in [5.74, 6) is 0.455. The average Bonchev–Trinajstić information content (AvgIpc) is 2.30. The van der Waals surface area contributed by atoms with Crippen molar-refractivity contribution in [2.75, 3.05) is 6.54 Å². The zero-order valence-electron chi connectivity index (χ0n) is 12.9. The van der Waals surface area contributed by atoms with Gasteiger partial charge in [-0.25, -0.2) is 0 Å². The lowest BCUT2D eigenvalue weighted by molar-refractivity contribution is -0.131. The van der Waals surface area contributed by atoms with Crippen LogP contribution in [0.1, 0.15) is 54.9 Å². The van der Waals surface area contributed by atoms with E-state index in [4.69, 9.17) is 4.74 Å². The van der Waals surface area contributed by atoms with Crippen LogP contribution in [0, 0.1) is 5.92 Å². The van der Waals surface area contributed by atoms with Crippen molar-refractivity contribution in [3.63, 3.8) is 0 Å². The smallest absolute Gasteiger partial charge is 0.109 e. The van der Waals surface area contributed by atoms with Crippen LogP contribution in [0.3, 0.4) is 0 Å². The maximum Gasteiger partial charge on any atom is 0.109 e. The van der Waals surface area contributed by atoms with Crippen LogP contribution in [0.4, 0.5) is 0 Å². The minimum Gasteiger partial charge on any atom is -0.364 e. The van der Waals surface area contributed by atoms with Crippen molar-refractivity contribution in [2.45, 2.75) is 66.6 Å². The summed E-state index contributed by atoms with van der Waals surface area (Å²) < 4.78 is 6.20. The van der Waals surface area contributed by atoms with Crippen LogP contribution in [0.15, 0.2) is 16.4 Å². The van der Waals surface area contributed by atoms with Gasteiger partial charge in [-0.05, 0) is 32.3 Å². The molecule has 2 unspecified atom stereocenters. The molecule has 0 aliphatic carbocycles. The van der Waals surface area contributed by atoms with E-state index in [1.165, 1.54) is 11.3 Å². The third-order valence-electron chi connectivity index (χ3n) is 3.73. The summed E-state index contributed by atoms with van der Waals surface area (Å²) in [5, 5.41) is 6.63. The first kappa shape index (κ1) is 15.2. The molecule has 0 bridgehead atoms. The first-order valence-electron chi connectivity index (χ1n) is 7.13. The zero-order valence-corrected chi connectivity index (χ0v) is 12.9. The highest BCUT2D eigenvalue weighted by Gasteiger charge is 2.44. The van der Waals surface area contributed by atoms with Crippen molar-refractivity contribution >= 4 is 6.21 Å². The summed E-state index contributed by atoms with van der Waals surface area (Å²) in [4.78, 5) is 0. The predicted octanol–water partition coefficient (Wildman–Crippen LogP) is 3.81. The van der Waals surface area contributed by atoms with Crippen LogP contribution in [0.25, 0.3) is 0 Å². The van der Waals surface area contributed by atoms with Crippen molar-refractivity contribution in [3.8, 4) is 0 Å². The Morgan fingerprint density at radius 2 is 2.06 bits per heavy atom. The fraction of sp³-hybridized carbons (Fsp3) is 0.800. The van der Waals surface area contributed by atoms with Crippen LogP contribution >= 0.6 is 0 Å². The standard InChI is InChI=1S/C13H22N2O.C2H6/c1-9(2)13(5)12-10(3)6-7-14-15(12)8-11(4)16-13;1-2/h7,9,11H,6,8H2,1-5H3;1-2H3. The maximum absolute atomic E-state index is 6.20. The second kappa shape index (κ2) is 5.87. The van der Waals surface area contributed by atoms with Crippen molar-refractivity contribution in [2.24, 2.45) is 11.0 Å². The monoisotopic (exact) mass is 252 g/mol. The van der Waals surface area contributed by atoms with E-state index in [1.54, 1.807) is 0 Å². The fourth-order valence-corrected chi connectivity index (χ4v) is 2.63. The van der Waals surface area contributed by atoms with Gasteiger partial charge in [-0.2, -0.15) is 5.10 Å². The molecule has 2 atom stereocenters. The zero-order chi connectivity index (χ0) is 13.9. The number of ether oxygens (including phenoxy) is 1. The minimum atomic E-state index is -0.195. The number of nitrogens with zero attached hydrogens (tertiary/aromatic N) is 2. The molecule has 18 heavy (non-hydrogen) atoms. The molecule has 2 rings (SSSR count). The van der Waals surface area contributed by atoms with Gasteiger partial charge < -0.3 is 4.74 Å². The molecule has 104 valence electrons. The summed E-state index contributed by atoms with van der Waals surface area (Å²) in [5.41, 5.74) is 2.47. The highest BCUT2D eigenvalue weighted by molar-refractivity contribution is 5.63. The van der Waals surface area contributed by atoms with Gasteiger partial charge in [-0.1, -0.05) is 27.7 Å². The molecule has 3 nitrogen and oxygen atoms in total. The SMILES string of the molecule is CC.CC1=C2N(CC(C)OC2(C)C(C)C)N=CC1. The van der Waals surface area contributed by atoms with Crippen LogP contribution in [-0.4, -0.2) is 29.5 Å². The van der Waals surface area contributed by atoms with E-state index < -0.39 is 0 Å². The van der Waals surface area contributed by atoms with Gasteiger partial charge in [0.25, 0.3) is 0 Å². The number of hydrogen-bond acceptors (Lipinski definition) is 3. The molecule has 0 aromatic carbocycles. The van der Waals surface area contributed by atoms with Gasteiger partial charge in [0.05, 0.1) is 18.3 Å². The number of allylic oxidation sites excluding steroid dienone is 1. The molecule has 0 aromatic rings. The molecule has 0 amide bonds. The molecule has 0 aromatic heterocycles. The Kier molecular flexibility index (Phi) is 4.97. The van der Waals surface area contributed by atoms with E-state index in [2.05, 4.69) is 44.7 Å². The Morgan fingerprint density at radius 3 is 2.61 bits per heavy atom. The Bertz CT molecular complexity index is 346. The van der Waals surface area contributed by atoms with Crippen molar-refractivity contribution in [1.82, 2.24) is 5.01 Å². The van der Waals surface area contributed by atoms with Gasteiger partial charge in [-0.15, -0.1) is 0 Å². The van der Waals surface area contributed by atoms with E-state index in [1.807, 2.05) is 20.1 Å². The lowest BCUT2D eigenvalue weighted by Crippen LogP contribution is -2.53. The Hall–Kier alpha value is -0.830. The summed E-state index contributed by atoms with van der Waals surface area (Å²) in [6, 6.07) is 0. The molecule has 2 aliphatic heterocycles. The summed E-state index contributed by atoms with van der Waals surface area (Å²) in [6.45, 7) is 15.8. The lowest BCUT2D eigenvalue weighted by Gasteiger charge is -2.48. The topological polar surface area (TPSA) is 24.8 Å². The Balaban J connectivity index is 0.000000771. The van der Waals surface area contributed by atoms with Gasteiger partial charge >= 0.3 is 0 Å². The van der Waals surface area contributed by atoms with Crippen LogP contribution < -0.4 is 0 Å². The number of hydrazone groups is 1. The van der Waals surface area contributed by atoms with Crippen molar-refractivity contribution in [3.05, 3.63) is 11.3 Å². The Morgan fingerprint density at radius 1 is 1.44 bits per heavy atom. The molecular formula is C15H28N2O. The molecule has 3 heteroatoms. The molecule has 1 saturated heterocycles. The normalized spacial score (nSPS) is 31.1. The molecule has 0 N–H and O–H groups in total. The van der Waals surface area contributed by atoms with Gasteiger partial charge in [0.1, 0.15) is 5.60 Å². The largest absolute Gasteiger partial charge is 0.364 e. The number of rotatable bonds is 1. The van der Waals surface area contributed by atoms with Crippen molar-refractivity contribution < 1.29 is 4.74 Å². The first-order valence-corrected chi connectivity index (χ1v) is 7.13. The second-order valence-electron chi connectivity index (χ2n) is 5.40. The molecular weight excluding hydrogens is 224 g/mol. The average molecular weight is 252 g/mol. The lowest BCUT2D eigenvalue weighted by atomic mass is 9.83. The van der Waals surface area contributed by atoms with E-state index in [9.17, 15) is 0 Å². The first-order chi connectivity index (χ1) is 8.45. The quantitative estimate of drug-likeness (QED) is 0.709. The number of fused-ring (bicyclic) bond motifs is 1. The highest BCUT2D eigenvalue weighted by Crippen LogP contribution is 2.40. The maximum atomic E-state index is 6.20. The van der Waals surface area contributed by atoms with Crippen LogP contribution in [0.5, 0.6) is 0 Å².